The van der Waals surface area contributed by atoms with E-state index in [0.717, 1.165) is 16.6 Å². The van der Waals surface area contributed by atoms with E-state index in [9.17, 15) is 9.59 Å². The highest BCUT2D eigenvalue weighted by Crippen LogP contribution is 2.33. The summed E-state index contributed by atoms with van der Waals surface area (Å²) in [7, 11) is 1.58. The highest BCUT2D eigenvalue weighted by Gasteiger charge is 2.16. The lowest BCUT2D eigenvalue weighted by Crippen LogP contribution is -2.21. The van der Waals surface area contributed by atoms with Gasteiger partial charge in [0.1, 0.15) is 23.7 Å². The second-order valence-corrected chi connectivity index (χ2v) is 10.2. The molecule has 8 nitrogen and oxygen atoms in total. The van der Waals surface area contributed by atoms with Crippen LogP contribution in [0.3, 0.4) is 0 Å². The van der Waals surface area contributed by atoms with E-state index in [1.54, 1.807) is 49.7 Å². The van der Waals surface area contributed by atoms with Gasteiger partial charge in [0, 0.05) is 52.7 Å². The maximum Gasteiger partial charge on any atom is 0.251 e. The van der Waals surface area contributed by atoms with Gasteiger partial charge in [-0.25, -0.2) is 9.97 Å². The lowest BCUT2D eigenvalue weighted by molar-refractivity contribution is -0.116. The van der Waals surface area contributed by atoms with Crippen molar-refractivity contribution >= 4 is 52.0 Å². The van der Waals surface area contributed by atoms with Crippen LogP contribution in [0.1, 0.15) is 33.0 Å². The first-order chi connectivity index (χ1) is 20.3. The Balaban J connectivity index is 1.28. The minimum absolute atomic E-state index is 0.135. The largest absolute Gasteiger partial charge is 0.487 e. The van der Waals surface area contributed by atoms with Crippen LogP contribution in [0.4, 0.5) is 0 Å². The van der Waals surface area contributed by atoms with Crippen molar-refractivity contribution in [3.05, 3.63) is 123 Å². The van der Waals surface area contributed by atoms with Gasteiger partial charge in [0.05, 0.1) is 17.3 Å². The molecule has 0 aliphatic heterocycles. The van der Waals surface area contributed by atoms with Gasteiger partial charge >= 0.3 is 0 Å². The van der Waals surface area contributed by atoms with Gasteiger partial charge < -0.3 is 19.9 Å². The molecule has 0 saturated carbocycles. The quantitative estimate of drug-likeness (QED) is 0.194. The molecule has 10 heteroatoms. The average Bonchev–Trinajstić information content (AvgIpc) is 3.47. The molecule has 0 aliphatic rings. The van der Waals surface area contributed by atoms with Gasteiger partial charge in [0.2, 0.25) is 5.91 Å². The number of fused-ring (bicyclic) bond motifs is 1. The monoisotopic (exact) mass is 599 g/mol. The summed E-state index contributed by atoms with van der Waals surface area (Å²) < 4.78 is 8.04. The number of ether oxygens (including phenoxy) is 1. The number of nitrogens with zero attached hydrogens (tertiary/aromatic N) is 3. The third-order valence-electron chi connectivity index (χ3n) is 6.60. The molecule has 5 rings (SSSR count). The van der Waals surface area contributed by atoms with Crippen molar-refractivity contribution in [2.75, 3.05) is 7.05 Å². The third-order valence-corrected chi connectivity index (χ3v) is 7.37. The standard InChI is InChI=1S/C32H27Cl2N5O3/c1-20-36-17-23-5-3-7-28(31(23)38-20)42-19-25-26(33)13-14-27(30(25)34)39-16-4-6-24(39)18-37-29(40)15-10-21-8-11-22(12-9-21)32(41)35-2/h3-17H,18-19H2,1-2H3,(H,35,41)(H,37,40)/b15-10+. The maximum atomic E-state index is 12.5. The van der Waals surface area contributed by atoms with Gasteiger partial charge in [-0.05, 0) is 61.0 Å². The van der Waals surface area contributed by atoms with Crippen LogP contribution in [0.15, 0.2) is 85.2 Å². The van der Waals surface area contributed by atoms with Crippen LogP contribution >= 0.6 is 23.2 Å². The number of para-hydroxylation sites is 1. The first-order valence-electron chi connectivity index (χ1n) is 13.1. The van der Waals surface area contributed by atoms with Gasteiger partial charge in [-0.15, -0.1) is 0 Å². The van der Waals surface area contributed by atoms with E-state index in [-0.39, 0.29) is 25.0 Å². The third kappa shape index (κ3) is 6.46. The summed E-state index contributed by atoms with van der Waals surface area (Å²) in [6.07, 6.45) is 6.77. The number of aromatic nitrogens is 3. The first kappa shape index (κ1) is 28.9. The molecule has 0 radical (unpaired) electrons. The number of nitrogens with one attached hydrogen (secondary N) is 2. The van der Waals surface area contributed by atoms with Gasteiger partial charge in [0.25, 0.3) is 5.91 Å². The summed E-state index contributed by atoms with van der Waals surface area (Å²) in [6, 6.07) is 20.0. The normalized spacial score (nSPS) is 11.1. The van der Waals surface area contributed by atoms with E-state index in [2.05, 4.69) is 20.6 Å². The zero-order valence-corrected chi connectivity index (χ0v) is 24.4. The van der Waals surface area contributed by atoms with Crippen LogP contribution < -0.4 is 15.4 Å². The van der Waals surface area contributed by atoms with E-state index >= 15 is 0 Å². The second kappa shape index (κ2) is 12.9. The van der Waals surface area contributed by atoms with Crippen LogP contribution in [-0.2, 0) is 17.9 Å². The van der Waals surface area contributed by atoms with Crippen molar-refractivity contribution in [3.8, 4) is 11.4 Å². The molecule has 0 saturated heterocycles. The topological polar surface area (TPSA) is 98.1 Å². The molecule has 212 valence electrons. The minimum Gasteiger partial charge on any atom is -0.487 e. The van der Waals surface area contributed by atoms with Gasteiger partial charge in [-0.1, -0.05) is 47.5 Å². The van der Waals surface area contributed by atoms with Gasteiger partial charge in [0.15, 0.2) is 0 Å². The summed E-state index contributed by atoms with van der Waals surface area (Å²) in [5.74, 6) is 0.830. The molecule has 2 heterocycles. The molecule has 0 spiro atoms. The smallest absolute Gasteiger partial charge is 0.251 e. The number of carbonyl (C=O) groups is 2. The SMILES string of the molecule is CNC(=O)c1ccc(/C=C/C(=O)NCc2cccn2-c2ccc(Cl)c(COc3cccc4cnc(C)nc34)c2Cl)cc1. The molecule has 0 fully saturated rings. The number of rotatable bonds is 9. The summed E-state index contributed by atoms with van der Waals surface area (Å²) >= 11 is 13.4. The molecule has 42 heavy (non-hydrogen) atoms. The van der Waals surface area contributed by atoms with Crippen LogP contribution in [-0.4, -0.2) is 33.4 Å². The second-order valence-electron chi connectivity index (χ2n) is 9.38. The Morgan fingerprint density at radius 1 is 1.02 bits per heavy atom. The molecule has 0 unspecified atom stereocenters. The van der Waals surface area contributed by atoms with E-state index in [0.29, 0.717) is 44.0 Å². The lowest BCUT2D eigenvalue weighted by atomic mass is 10.1. The van der Waals surface area contributed by atoms with Crippen LogP contribution in [0.5, 0.6) is 5.75 Å². The van der Waals surface area contributed by atoms with E-state index in [1.165, 1.54) is 6.08 Å². The van der Waals surface area contributed by atoms with E-state index in [1.807, 2.05) is 54.1 Å². The number of amides is 2. The summed E-state index contributed by atoms with van der Waals surface area (Å²) in [5.41, 5.74) is 4.23. The maximum absolute atomic E-state index is 12.5. The number of halogens is 2. The number of aryl methyl sites for hydroxylation is 1. The Kier molecular flexibility index (Phi) is 8.85. The molecule has 2 N–H and O–H groups in total. The Bertz CT molecular complexity index is 1800. The Morgan fingerprint density at radius 3 is 2.62 bits per heavy atom. The molecule has 0 aliphatic carbocycles. The molecule has 2 aromatic heterocycles. The molecule has 3 aromatic carbocycles. The van der Waals surface area contributed by atoms with E-state index in [4.69, 9.17) is 27.9 Å². The van der Waals surface area contributed by atoms with Gasteiger partial charge in [-0.2, -0.15) is 0 Å². The van der Waals surface area contributed by atoms with Crippen molar-refractivity contribution in [1.29, 1.82) is 0 Å². The predicted molar refractivity (Wildman–Crippen MR) is 165 cm³/mol. The summed E-state index contributed by atoms with van der Waals surface area (Å²) in [6.45, 7) is 2.23. The number of carbonyl (C=O) groups excluding carboxylic acids is 2. The van der Waals surface area contributed by atoms with Crippen molar-refractivity contribution < 1.29 is 14.3 Å². The number of benzene rings is 3. The zero-order chi connectivity index (χ0) is 29.6. The minimum atomic E-state index is -0.261. The fourth-order valence-corrected chi connectivity index (χ4v) is 4.95. The Labute approximate surface area is 253 Å². The summed E-state index contributed by atoms with van der Waals surface area (Å²) in [5, 5.41) is 7.27. The molecule has 0 atom stereocenters. The highest BCUT2D eigenvalue weighted by molar-refractivity contribution is 6.37. The predicted octanol–water partition coefficient (Wildman–Crippen LogP) is 6.30. The van der Waals surface area contributed by atoms with Crippen molar-refractivity contribution in [1.82, 2.24) is 25.2 Å². The molecular weight excluding hydrogens is 573 g/mol. The van der Waals surface area contributed by atoms with Gasteiger partial charge in [-0.3, -0.25) is 9.59 Å². The molecule has 5 aromatic rings. The highest BCUT2D eigenvalue weighted by atomic mass is 35.5. The van der Waals surface area contributed by atoms with Crippen molar-refractivity contribution in [3.63, 3.8) is 0 Å². The van der Waals surface area contributed by atoms with Crippen LogP contribution in [0.2, 0.25) is 10.0 Å². The first-order valence-corrected chi connectivity index (χ1v) is 13.9. The Morgan fingerprint density at radius 2 is 1.83 bits per heavy atom. The van der Waals surface area contributed by atoms with Crippen molar-refractivity contribution in [2.45, 2.75) is 20.1 Å². The zero-order valence-electron chi connectivity index (χ0n) is 22.9. The van der Waals surface area contributed by atoms with Crippen LogP contribution in [0, 0.1) is 6.92 Å². The van der Waals surface area contributed by atoms with E-state index < -0.39 is 0 Å². The number of hydrogen-bond acceptors (Lipinski definition) is 5. The van der Waals surface area contributed by atoms with Crippen molar-refractivity contribution in [2.24, 2.45) is 0 Å². The average molecular weight is 601 g/mol. The number of hydrogen-bond donors (Lipinski definition) is 2. The molecular formula is C32H27Cl2N5O3. The molecule has 2 amide bonds. The molecule has 0 bridgehead atoms. The fourth-order valence-electron chi connectivity index (χ4n) is 4.38. The van der Waals surface area contributed by atoms with Crippen LogP contribution in [0.25, 0.3) is 22.7 Å². The lowest BCUT2D eigenvalue weighted by Gasteiger charge is -2.16. The summed E-state index contributed by atoms with van der Waals surface area (Å²) in [4.78, 5) is 33.0. The Hall–Kier alpha value is -4.66. The fraction of sp³-hybridized carbons (Fsp3) is 0.125.